The molecule has 7 nitrogen and oxygen atoms in total. The Morgan fingerprint density at radius 1 is 1.14 bits per heavy atom. The first-order valence-corrected chi connectivity index (χ1v) is 11.1. The molecule has 28 heavy (non-hydrogen) atoms. The molecule has 156 valence electrons. The number of rotatable bonds is 7. The number of ether oxygens (including phenoxy) is 1. The molecule has 0 bridgehead atoms. The molecule has 0 aromatic heterocycles. The summed E-state index contributed by atoms with van der Waals surface area (Å²) in [4.78, 5) is 25.8. The van der Waals surface area contributed by atoms with Crippen molar-refractivity contribution in [1.82, 2.24) is 9.62 Å². The Hall–Kier alpha value is -1.93. The molecule has 1 amide bonds. The van der Waals surface area contributed by atoms with Crippen molar-refractivity contribution in [3.05, 3.63) is 29.3 Å². The molecule has 0 aliphatic heterocycles. The molecule has 0 saturated heterocycles. The first-order valence-electron chi connectivity index (χ1n) is 9.58. The number of benzene rings is 1. The highest BCUT2D eigenvalue weighted by Crippen LogP contribution is 2.26. The summed E-state index contributed by atoms with van der Waals surface area (Å²) in [6.45, 7) is 5.01. The number of nitrogens with zero attached hydrogens (tertiary/aromatic N) is 1. The molecule has 1 fully saturated rings. The number of nitrogens with one attached hydrogen (secondary N) is 1. The van der Waals surface area contributed by atoms with Gasteiger partial charge in [-0.3, -0.25) is 9.59 Å². The number of sulfonamides is 1. The molecule has 8 heteroatoms. The van der Waals surface area contributed by atoms with Gasteiger partial charge in [-0.2, -0.15) is 4.72 Å². The van der Waals surface area contributed by atoms with Crippen molar-refractivity contribution in [2.24, 2.45) is 5.92 Å². The second-order valence-corrected chi connectivity index (χ2v) is 9.42. The maximum atomic E-state index is 12.3. The molecule has 1 N–H and O–H groups in total. The average molecular weight is 411 g/mol. The average Bonchev–Trinajstić information content (AvgIpc) is 2.66. The Labute approximate surface area is 167 Å². The number of aryl methyl sites for hydroxylation is 2. The quantitative estimate of drug-likeness (QED) is 0.696. The molecule has 0 atom stereocenters. The minimum absolute atomic E-state index is 0.0886. The molecule has 1 aliphatic carbocycles. The van der Waals surface area contributed by atoms with Gasteiger partial charge in [0, 0.05) is 13.1 Å². The lowest BCUT2D eigenvalue weighted by molar-refractivity contribution is -0.151. The van der Waals surface area contributed by atoms with Crippen LogP contribution in [0.4, 0.5) is 0 Å². The van der Waals surface area contributed by atoms with E-state index in [2.05, 4.69) is 11.6 Å². The maximum absolute atomic E-state index is 12.3. The van der Waals surface area contributed by atoms with Crippen LogP contribution in [0.2, 0.25) is 0 Å². The molecule has 0 unspecified atom stereocenters. The lowest BCUT2D eigenvalue weighted by Crippen LogP contribution is -2.42. The third-order valence-electron chi connectivity index (χ3n) is 5.48. The number of carbonyl (C=O) groups excluding carboxylic acids is 2. The number of hydrogen-bond donors (Lipinski definition) is 1. The highest BCUT2D eigenvalue weighted by Gasteiger charge is 2.25. The summed E-state index contributed by atoms with van der Waals surface area (Å²) in [5.41, 5.74) is 1.82. The lowest BCUT2D eigenvalue weighted by Gasteiger charge is -2.33. The van der Waals surface area contributed by atoms with Crippen LogP contribution in [0.3, 0.4) is 0 Å². The van der Waals surface area contributed by atoms with Crippen LogP contribution in [0.1, 0.15) is 43.7 Å². The zero-order valence-electron chi connectivity index (χ0n) is 17.0. The van der Waals surface area contributed by atoms with E-state index in [0.717, 1.165) is 36.8 Å². The van der Waals surface area contributed by atoms with E-state index in [4.69, 9.17) is 4.74 Å². The van der Waals surface area contributed by atoms with Crippen LogP contribution < -0.4 is 4.72 Å². The number of carbonyl (C=O) groups is 2. The van der Waals surface area contributed by atoms with Gasteiger partial charge in [-0.25, -0.2) is 8.42 Å². The second-order valence-electron chi connectivity index (χ2n) is 7.65. The minimum Gasteiger partial charge on any atom is -0.455 e. The van der Waals surface area contributed by atoms with E-state index >= 15 is 0 Å². The van der Waals surface area contributed by atoms with Crippen molar-refractivity contribution in [3.8, 4) is 0 Å². The summed E-state index contributed by atoms with van der Waals surface area (Å²) in [6.07, 6.45) is 4.07. The summed E-state index contributed by atoms with van der Waals surface area (Å²) in [5, 5.41) is 0. The van der Waals surface area contributed by atoms with Crippen LogP contribution in [-0.4, -0.2) is 51.4 Å². The molecule has 0 spiro atoms. The topological polar surface area (TPSA) is 92.8 Å². The normalized spacial score (nSPS) is 19.9. The highest BCUT2D eigenvalue weighted by molar-refractivity contribution is 7.89. The van der Waals surface area contributed by atoms with Crippen molar-refractivity contribution in [2.75, 3.05) is 20.2 Å². The van der Waals surface area contributed by atoms with Crippen LogP contribution in [0.25, 0.3) is 0 Å². The lowest BCUT2D eigenvalue weighted by atomic mass is 9.87. The Morgan fingerprint density at radius 2 is 1.79 bits per heavy atom. The van der Waals surface area contributed by atoms with Gasteiger partial charge < -0.3 is 9.64 Å². The summed E-state index contributed by atoms with van der Waals surface area (Å²) in [6, 6.07) is 4.92. The van der Waals surface area contributed by atoms with Crippen LogP contribution >= 0.6 is 0 Å². The summed E-state index contributed by atoms with van der Waals surface area (Å²) in [5.74, 6) is -0.376. The second kappa shape index (κ2) is 9.52. The van der Waals surface area contributed by atoms with Gasteiger partial charge in [0.1, 0.15) is 6.54 Å². The molecular weight excluding hydrogens is 380 g/mol. The van der Waals surface area contributed by atoms with E-state index in [0.29, 0.717) is 5.92 Å². The van der Waals surface area contributed by atoms with Crippen LogP contribution in [0, 0.1) is 19.8 Å². The molecule has 0 radical (unpaired) electrons. The largest absolute Gasteiger partial charge is 0.455 e. The van der Waals surface area contributed by atoms with E-state index in [1.54, 1.807) is 24.1 Å². The molecule has 0 heterocycles. The van der Waals surface area contributed by atoms with Crippen LogP contribution in [-0.2, 0) is 24.3 Å². The predicted molar refractivity (Wildman–Crippen MR) is 106 cm³/mol. The first-order chi connectivity index (χ1) is 13.1. The zero-order valence-corrected chi connectivity index (χ0v) is 17.8. The molecule has 1 aliphatic rings. The van der Waals surface area contributed by atoms with Gasteiger partial charge >= 0.3 is 5.97 Å². The maximum Gasteiger partial charge on any atom is 0.321 e. The van der Waals surface area contributed by atoms with E-state index in [1.165, 1.54) is 6.07 Å². The molecule has 1 aromatic carbocycles. The van der Waals surface area contributed by atoms with E-state index in [-0.39, 0.29) is 23.5 Å². The first kappa shape index (κ1) is 22.4. The van der Waals surface area contributed by atoms with Crippen molar-refractivity contribution in [1.29, 1.82) is 0 Å². The summed E-state index contributed by atoms with van der Waals surface area (Å²) < 4.78 is 31.7. The van der Waals surface area contributed by atoms with Gasteiger partial charge in [-0.05, 0) is 68.7 Å². The summed E-state index contributed by atoms with van der Waals surface area (Å²) in [7, 11) is -2.10. The Kier molecular flexibility index (Phi) is 7.60. The van der Waals surface area contributed by atoms with Crippen molar-refractivity contribution >= 4 is 21.9 Å². The standard InChI is InChI=1S/C20H30N2O5S/c1-14-5-8-17(9-6-14)22(4)19(23)13-27-20(24)12-21-28(25,26)18-10-7-15(2)16(3)11-18/h7,10-11,14,17,21H,5-6,8-9,12-13H2,1-4H3. The third kappa shape index (κ3) is 6.04. The van der Waals surface area contributed by atoms with Gasteiger partial charge in [-0.15, -0.1) is 0 Å². The van der Waals surface area contributed by atoms with Gasteiger partial charge in [0.05, 0.1) is 4.90 Å². The highest BCUT2D eigenvalue weighted by atomic mass is 32.2. The Morgan fingerprint density at radius 3 is 2.39 bits per heavy atom. The van der Waals surface area contributed by atoms with Crippen molar-refractivity contribution in [3.63, 3.8) is 0 Å². The van der Waals surface area contributed by atoms with Gasteiger partial charge in [0.25, 0.3) is 5.91 Å². The number of amides is 1. The molecular formula is C20H30N2O5S. The number of likely N-dealkylation sites (N-methyl/N-ethyl adjacent to an activating group) is 1. The minimum atomic E-state index is -3.82. The SMILES string of the molecule is Cc1ccc(S(=O)(=O)NCC(=O)OCC(=O)N(C)C2CCC(C)CC2)cc1C. The summed E-state index contributed by atoms with van der Waals surface area (Å²) >= 11 is 0. The fourth-order valence-corrected chi connectivity index (χ4v) is 4.30. The molecule has 1 aromatic rings. The molecule has 2 rings (SSSR count). The Bertz CT molecular complexity index is 814. The van der Waals surface area contributed by atoms with Gasteiger partial charge in [-0.1, -0.05) is 13.0 Å². The fourth-order valence-electron chi connectivity index (χ4n) is 3.25. The predicted octanol–water partition coefficient (Wildman–Crippen LogP) is 2.16. The van der Waals surface area contributed by atoms with Crippen molar-refractivity contribution in [2.45, 2.75) is 57.4 Å². The van der Waals surface area contributed by atoms with Gasteiger partial charge in [0.15, 0.2) is 6.61 Å². The van der Waals surface area contributed by atoms with E-state index in [1.807, 2.05) is 13.8 Å². The number of esters is 1. The van der Waals surface area contributed by atoms with E-state index in [9.17, 15) is 18.0 Å². The zero-order chi connectivity index (χ0) is 20.9. The van der Waals surface area contributed by atoms with Crippen LogP contribution in [0.15, 0.2) is 23.1 Å². The smallest absolute Gasteiger partial charge is 0.321 e. The van der Waals surface area contributed by atoms with E-state index < -0.39 is 22.5 Å². The third-order valence-corrected chi connectivity index (χ3v) is 6.88. The molecule has 1 saturated carbocycles. The number of hydrogen-bond acceptors (Lipinski definition) is 5. The monoisotopic (exact) mass is 410 g/mol. The fraction of sp³-hybridized carbons (Fsp3) is 0.600. The van der Waals surface area contributed by atoms with Crippen molar-refractivity contribution < 1.29 is 22.7 Å². The van der Waals surface area contributed by atoms with Crippen LogP contribution in [0.5, 0.6) is 0 Å². The van der Waals surface area contributed by atoms with Gasteiger partial charge in [0.2, 0.25) is 10.0 Å². The Balaban J connectivity index is 1.80.